The summed E-state index contributed by atoms with van der Waals surface area (Å²) >= 11 is 6.20. The summed E-state index contributed by atoms with van der Waals surface area (Å²) in [6.45, 7) is -2.00. The van der Waals surface area contributed by atoms with Crippen LogP contribution in [0.5, 0.6) is 0 Å². The third-order valence-corrected chi connectivity index (χ3v) is 9.06. The lowest BCUT2D eigenvalue weighted by Crippen LogP contribution is -2.45. The molecule has 0 bridgehead atoms. The Morgan fingerprint density at radius 1 is 1.24 bits per heavy atom. The first-order valence-electron chi connectivity index (χ1n) is 13.0. The maximum atomic E-state index is 12.3. The monoisotopic (exact) mass is 618 g/mol. The van der Waals surface area contributed by atoms with Crippen molar-refractivity contribution in [1.82, 2.24) is 35.2 Å². The fraction of sp³-hybridized carbons (Fsp3) is 0.682. The third-order valence-electron chi connectivity index (χ3n) is 7.44. The molecule has 5 rings (SSSR count). The molecule has 17 nitrogen and oxygen atoms in total. The Balaban J connectivity index is 1.29. The van der Waals surface area contributed by atoms with Crippen molar-refractivity contribution in [2.24, 2.45) is 5.92 Å². The van der Waals surface area contributed by atoms with Gasteiger partial charge in [0.1, 0.15) is 36.5 Å². The lowest BCUT2D eigenvalue weighted by molar-refractivity contribution is -0.126. The van der Waals surface area contributed by atoms with Crippen LogP contribution in [0.25, 0.3) is 5.52 Å². The Kier molecular flexibility index (Phi) is 9.20. The number of rotatable bonds is 13. The van der Waals surface area contributed by atoms with E-state index in [1.165, 1.54) is 17.4 Å². The van der Waals surface area contributed by atoms with Gasteiger partial charge in [-0.15, -0.1) is 15.3 Å². The molecule has 5 atom stereocenters. The number of aliphatic hydroxyl groups is 3. The Labute approximate surface area is 238 Å². The van der Waals surface area contributed by atoms with E-state index >= 15 is 0 Å². The van der Waals surface area contributed by atoms with Gasteiger partial charge in [-0.1, -0.05) is 18.1 Å². The van der Waals surface area contributed by atoms with Gasteiger partial charge in [-0.25, -0.2) is 4.52 Å². The predicted molar refractivity (Wildman–Crippen MR) is 140 cm³/mol. The number of nitrogens with zero attached hydrogens (tertiary/aromatic N) is 6. The number of hydrogen-bond acceptors (Lipinski definition) is 13. The molecular formula is C22H32ClN8O9P. The van der Waals surface area contributed by atoms with Gasteiger partial charge in [0.15, 0.2) is 11.6 Å². The average Bonchev–Trinajstić information content (AvgIpc) is 3.74. The molecule has 1 aliphatic heterocycles. The smallest absolute Gasteiger partial charge is 0.361 e. The molecule has 0 radical (unpaired) electrons. The number of hydrogen-bond donors (Lipinski definition) is 7. The van der Waals surface area contributed by atoms with Gasteiger partial charge in [0.2, 0.25) is 10.6 Å². The first kappa shape index (κ1) is 30.2. The molecule has 19 heteroatoms. The van der Waals surface area contributed by atoms with Crippen LogP contribution >= 0.6 is 19.2 Å². The van der Waals surface area contributed by atoms with E-state index in [2.05, 4.69) is 36.0 Å². The molecule has 2 aliphatic rings. The van der Waals surface area contributed by atoms with E-state index in [4.69, 9.17) is 25.8 Å². The van der Waals surface area contributed by atoms with Crippen LogP contribution in [0.15, 0.2) is 12.1 Å². The zero-order valence-corrected chi connectivity index (χ0v) is 23.4. The second kappa shape index (κ2) is 12.5. The van der Waals surface area contributed by atoms with E-state index in [0.717, 1.165) is 19.4 Å². The summed E-state index contributed by atoms with van der Waals surface area (Å²) in [4.78, 5) is 24.2. The SMILES string of the molecule is O=P(O)(O)[C@](CO)(COCc1nn[nH]n1)OC[C@H]1O[C@@H](c2ccc3c(NCC4CCCC4)nc(Cl)nn23)[C@H](O)[C@@H]1O. The summed E-state index contributed by atoms with van der Waals surface area (Å²) in [5.41, 5.74) is 0.959. The quantitative estimate of drug-likeness (QED) is 0.122. The van der Waals surface area contributed by atoms with Crippen LogP contribution in [0.3, 0.4) is 0 Å². The van der Waals surface area contributed by atoms with Gasteiger partial charge in [-0.2, -0.15) is 10.2 Å². The lowest BCUT2D eigenvalue weighted by atomic mass is 10.1. The number of fused-ring (bicyclic) bond motifs is 1. The van der Waals surface area contributed by atoms with Gasteiger partial charge < -0.3 is 44.6 Å². The second-order valence-electron chi connectivity index (χ2n) is 10.2. The largest absolute Gasteiger partial charge is 0.393 e. The molecule has 0 unspecified atom stereocenters. The molecule has 1 aliphatic carbocycles. The molecule has 7 N–H and O–H groups in total. The first-order valence-corrected chi connectivity index (χ1v) is 15.0. The van der Waals surface area contributed by atoms with Gasteiger partial charge in [-0.3, -0.25) is 4.57 Å². The van der Waals surface area contributed by atoms with Gasteiger partial charge in [0.05, 0.1) is 25.5 Å². The van der Waals surface area contributed by atoms with E-state index in [1.807, 2.05) is 0 Å². The normalized spacial score (nSPS) is 25.2. The zero-order valence-electron chi connectivity index (χ0n) is 21.8. The van der Waals surface area contributed by atoms with Crippen molar-refractivity contribution in [2.45, 2.75) is 62.0 Å². The van der Waals surface area contributed by atoms with Crippen molar-refractivity contribution in [2.75, 3.05) is 31.7 Å². The minimum absolute atomic E-state index is 0.0352. The number of aromatic amines is 1. The zero-order chi connectivity index (χ0) is 29.2. The molecule has 0 spiro atoms. The summed E-state index contributed by atoms with van der Waals surface area (Å²) in [6.07, 6.45) is -0.589. The fourth-order valence-electron chi connectivity index (χ4n) is 5.10. The van der Waals surface area contributed by atoms with Crippen LogP contribution < -0.4 is 5.32 Å². The minimum Gasteiger partial charge on any atom is -0.393 e. The second-order valence-corrected chi connectivity index (χ2v) is 12.4. The molecule has 3 aromatic heterocycles. The van der Waals surface area contributed by atoms with Crippen LogP contribution in [-0.4, -0.2) is 110 Å². The van der Waals surface area contributed by atoms with Gasteiger partial charge in [0, 0.05) is 6.54 Å². The Morgan fingerprint density at radius 3 is 2.71 bits per heavy atom. The Morgan fingerprint density at radius 2 is 2.02 bits per heavy atom. The molecule has 41 heavy (non-hydrogen) atoms. The van der Waals surface area contributed by atoms with E-state index in [1.54, 1.807) is 12.1 Å². The summed E-state index contributed by atoms with van der Waals surface area (Å²) < 4.78 is 30.4. The first-order chi connectivity index (χ1) is 19.6. The Bertz CT molecular complexity index is 1350. The molecule has 1 saturated heterocycles. The molecule has 4 heterocycles. The lowest BCUT2D eigenvalue weighted by Gasteiger charge is -2.33. The molecule has 2 fully saturated rings. The summed E-state index contributed by atoms with van der Waals surface area (Å²) in [7, 11) is -5.13. The number of aliphatic hydroxyl groups excluding tert-OH is 3. The van der Waals surface area contributed by atoms with Crippen molar-refractivity contribution in [1.29, 1.82) is 0 Å². The highest BCUT2D eigenvalue weighted by atomic mass is 35.5. The van der Waals surface area contributed by atoms with Gasteiger partial charge in [-0.05, 0) is 42.5 Å². The molecule has 0 amide bonds. The van der Waals surface area contributed by atoms with Crippen molar-refractivity contribution in [3.8, 4) is 0 Å². The van der Waals surface area contributed by atoms with Crippen molar-refractivity contribution in [3.05, 3.63) is 28.9 Å². The minimum atomic E-state index is -5.13. The number of H-pyrrole nitrogens is 1. The van der Waals surface area contributed by atoms with Gasteiger partial charge >= 0.3 is 7.60 Å². The Hall–Kier alpha value is -2.31. The molecular weight excluding hydrogens is 587 g/mol. The molecule has 3 aromatic rings. The van der Waals surface area contributed by atoms with Crippen LogP contribution in [0.1, 0.15) is 43.3 Å². The maximum Gasteiger partial charge on any atom is 0.361 e. The highest BCUT2D eigenvalue weighted by molar-refractivity contribution is 7.53. The number of anilines is 1. The van der Waals surface area contributed by atoms with Crippen LogP contribution in [0, 0.1) is 5.92 Å². The summed E-state index contributed by atoms with van der Waals surface area (Å²) in [5.74, 6) is 1.17. The van der Waals surface area contributed by atoms with E-state index in [9.17, 15) is 29.7 Å². The number of aromatic nitrogens is 7. The van der Waals surface area contributed by atoms with E-state index in [-0.39, 0.29) is 17.7 Å². The van der Waals surface area contributed by atoms with E-state index in [0.29, 0.717) is 22.9 Å². The van der Waals surface area contributed by atoms with Crippen molar-refractivity contribution in [3.63, 3.8) is 0 Å². The highest BCUT2D eigenvalue weighted by Gasteiger charge is 2.51. The standard InChI is InChI=1S/C22H32ClN8O9P/c23-21-25-20(24-7-12-3-1-2-4-12)14-6-5-13(31(14)28-21)19-18(34)17(33)15(40-19)8-39-22(10-32,41(35,36)37)11-38-9-16-26-29-30-27-16/h5-6,12,15,17-19,32-34H,1-4,7-11H2,(H,24,25,28)(H2,35,36,37)(H,26,27,29,30)/t15-,17-,18-,19+,22-/m1/s1. The average molecular weight is 619 g/mol. The van der Waals surface area contributed by atoms with Crippen LogP contribution in [0.2, 0.25) is 5.28 Å². The van der Waals surface area contributed by atoms with Crippen molar-refractivity contribution >= 4 is 30.5 Å². The fourth-order valence-corrected chi connectivity index (χ4v) is 5.94. The highest BCUT2D eigenvalue weighted by Crippen LogP contribution is 2.51. The summed E-state index contributed by atoms with van der Waals surface area (Å²) in [5, 5.41) is 49.5. The van der Waals surface area contributed by atoms with Gasteiger partial charge in [0.25, 0.3) is 0 Å². The number of tetrazole rings is 1. The molecule has 0 aromatic carbocycles. The number of nitrogens with one attached hydrogen (secondary N) is 2. The number of halogens is 1. The number of ether oxygens (including phenoxy) is 3. The van der Waals surface area contributed by atoms with E-state index < -0.39 is 57.2 Å². The van der Waals surface area contributed by atoms with Crippen LogP contribution in [0.4, 0.5) is 5.82 Å². The molecule has 1 saturated carbocycles. The maximum absolute atomic E-state index is 12.3. The third kappa shape index (κ3) is 6.39. The van der Waals surface area contributed by atoms with Crippen LogP contribution in [-0.2, 0) is 25.4 Å². The summed E-state index contributed by atoms with van der Waals surface area (Å²) in [6, 6.07) is 3.39. The predicted octanol–water partition coefficient (Wildman–Crippen LogP) is -0.241. The molecule has 226 valence electrons. The van der Waals surface area contributed by atoms with Crippen molar-refractivity contribution < 1.29 is 43.9 Å². The topological polar surface area (TPSA) is 243 Å².